The highest BCUT2D eigenvalue weighted by molar-refractivity contribution is 5.98. The lowest BCUT2D eigenvalue weighted by molar-refractivity contribution is -0.142. The van der Waals surface area contributed by atoms with Crippen LogP contribution in [0.3, 0.4) is 0 Å². The minimum absolute atomic E-state index is 0.00264. The van der Waals surface area contributed by atoms with Gasteiger partial charge in [0, 0.05) is 19.8 Å². The Hall–Kier alpha value is -1.73. The predicted octanol–water partition coefficient (Wildman–Crippen LogP) is 1.90. The Morgan fingerprint density at radius 2 is 2.16 bits per heavy atom. The zero-order chi connectivity index (χ0) is 14.6. The molecule has 0 aliphatic rings. The Morgan fingerprint density at radius 3 is 2.68 bits per heavy atom. The maximum absolute atomic E-state index is 12.2. The third-order valence-electron chi connectivity index (χ3n) is 2.56. The molecule has 1 heterocycles. The number of hydrogen-bond acceptors (Lipinski definition) is 3. The van der Waals surface area contributed by atoms with E-state index in [1.165, 1.54) is 4.90 Å². The smallest absolute Gasteiger partial charge is 0.382 e. The van der Waals surface area contributed by atoms with Crippen molar-refractivity contribution in [3.8, 4) is 0 Å². The van der Waals surface area contributed by atoms with Gasteiger partial charge in [0.25, 0.3) is 5.91 Å². The highest BCUT2D eigenvalue weighted by Crippen LogP contribution is 2.19. The van der Waals surface area contributed by atoms with Crippen LogP contribution in [0.25, 0.3) is 0 Å². The molecule has 0 saturated heterocycles. The first-order chi connectivity index (χ1) is 8.74. The molecule has 0 aliphatic heterocycles. The SMILES string of the molecule is CCCCN(C)C(=O)c1cn(CC(F)(F)F)nc1N. The van der Waals surface area contributed by atoms with Gasteiger partial charge in [-0.05, 0) is 6.42 Å². The van der Waals surface area contributed by atoms with Gasteiger partial charge in [-0.1, -0.05) is 13.3 Å². The van der Waals surface area contributed by atoms with Crippen LogP contribution in [0.2, 0.25) is 0 Å². The monoisotopic (exact) mass is 278 g/mol. The van der Waals surface area contributed by atoms with E-state index in [1.54, 1.807) is 7.05 Å². The molecule has 8 heteroatoms. The van der Waals surface area contributed by atoms with E-state index in [4.69, 9.17) is 5.73 Å². The molecule has 0 aliphatic carbocycles. The number of carbonyl (C=O) groups excluding carboxylic acids is 1. The van der Waals surface area contributed by atoms with Gasteiger partial charge < -0.3 is 10.6 Å². The number of amides is 1. The summed E-state index contributed by atoms with van der Waals surface area (Å²) in [5.41, 5.74) is 5.48. The number of nitrogen functional groups attached to an aromatic ring is 1. The number of halogens is 3. The first-order valence-electron chi connectivity index (χ1n) is 5.89. The Morgan fingerprint density at radius 1 is 1.53 bits per heavy atom. The van der Waals surface area contributed by atoms with Crippen molar-refractivity contribution in [3.63, 3.8) is 0 Å². The molecule has 2 N–H and O–H groups in total. The van der Waals surface area contributed by atoms with Gasteiger partial charge in [-0.3, -0.25) is 9.48 Å². The van der Waals surface area contributed by atoms with Gasteiger partial charge in [0.1, 0.15) is 12.1 Å². The molecule has 0 unspecified atom stereocenters. The number of anilines is 1. The van der Waals surface area contributed by atoms with Crippen LogP contribution in [0.5, 0.6) is 0 Å². The van der Waals surface area contributed by atoms with Crippen LogP contribution in [0, 0.1) is 0 Å². The molecule has 5 nitrogen and oxygen atoms in total. The van der Waals surface area contributed by atoms with Crippen LogP contribution in [-0.4, -0.2) is 40.4 Å². The van der Waals surface area contributed by atoms with Gasteiger partial charge in [-0.25, -0.2) is 0 Å². The molecule has 0 fully saturated rings. The molecule has 0 bridgehead atoms. The van der Waals surface area contributed by atoms with Crippen molar-refractivity contribution in [1.29, 1.82) is 0 Å². The number of unbranched alkanes of at least 4 members (excludes halogenated alkanes) is 1. The van der Waals surface area contributed by atoms with Gasteiger partial charge >= 0.3 is 6.18 Å². The molecule has 0 radical (unpaired) electrons. The molecule has 1 rings (SSSR count). The summed E-state index contributed by atoms with van der Waals surface area (Å²) in [6, 6.07) is 0. The van der Waals surface area contributed by atoms with Crippen LogP contribution in [-0.2, 0) is 6.54 Å². The van der Waals surface area contributed by atoms with Crippen LogP contribution in [0.15, 0.2) is 6.20 Å². The largest absolute Gasteiger partial charge is 0.408 e. The molecule has 0 spiro atoms. The molecule has 1 aromatic heterocycles. The number of nitrogens with zero attached hydrogens (tertiary/aromatic N) is 3. The average Bonchev–Trinajstić information content (AvgIpc) is 2.63. The van der Waals surface area contributed by atoms with Crippen molar-refractivity contribution in [2.45, 2.75) is 32.5 Å². The second-order valence-corrected chi connectivity index (χ2v) is 4.32. The van der Waals surface area contributed by atoms with Crippen molar-refractivity contribution in [2.24, 2.45) is 0 Å². The second-order valence-electron chi connectivity index (χ2n) is 4.32. The molecule has 19 heavy (non-hydrogen) atoms. The standard InChI is InChI=1S/C11H17F3N4O/c1-3-4-5-17(2)10(19)8-6-18(16-9(8)15)7-11(12,13)14/h6H,3-5,7H2,1-2H3,(H2,15,16). The van der Waals surface area contributed by atoms with Crippen LogP contribution in [0.1, 0.15) is 30.1 Å². The van der Waals surface area contributed by atoms with E-state index >= 15 is 0 Å². The van der Waals surface area contributed by atoms with Gasteiger partial charge in [0.05, 0.1) is 0 Å². The van der Waals surface area contributed by atoms with E-state index in [9.17, 15) is 18.0 Å². The highest BCUT2D eigenvalue weighted by atomic mass is 19.4. The minimum Gasteiger partial charge on any atom is -0.382 e. The highest BCUT2D eigenvalue weighted by Gasteiger charge is 2.29. The van der Waals surface area contributed by atoms with E-state index in [2.05, 4.69) is 5.10 Å². The maximum Gasteiger partial charge on any atom is 0.408 e. The molecule has 0 saturated carbocycles. The van der Waals surface area contributed by atoms with Crippen molar-refractivity contribution in [3.05, 3.63) is 11.8 Å². The number of alkyl halides is 3. The molecule has 1 aromatic rings. The summed E-state index contributed by atoms with van der Waals surface area (Å²) >= 11 is 0. The molecular weight excluding hydrogens is 261 g/mol. The van der Waals surface area contributed by atoms with Gasteiger partial charge in [-0.15, -0.1) is 0 Å². The van der Waals surface area contributed by atoms with Gasteiger partial charge in [0.2, 0.25) is 0 Å². The summed E-state index contributed by atoms with van der Waals surface area (Å²) in [6.45, 7) is 1.25. The summed E-state index contributed by atoms with van der Waals surface area (Å²) in [7, 11) is 1.58. The third-order valence-corrected chi connectivity index (χ3v) is 2.56. The Balaban J connectivity index is 2.81. The van der Waals surface area contributed by atoms with Crippen LogP contribution in [0.4, 0.5) is 19.0 Å². The first-order valence-corrected chi connectivity index (χ1v) is 5.89. The summed E-state index contributed by atoms with van der Waals surface area (Å²) in [4.78, 5) is 13.4. The summed E-state index contributed by atoms with van der Waals surface area (Å²) in [5, 5.41) is 3.51. The fraction of sp³-hybridized carbons (Fsp3) is 0.636. The molecule has 0 aromatic carbocycles. The lowest BCUT2D eigenvalue weighted by Gasteiger charge is -2.15. The fourth-order valence-corrected chi connectivity index (χ4v) is 1.57. The second kappa shape index (κ2) is 5.94. The average molecular weight is 278 g/mol. The summed E-state index contributed by atoms with van der Waals surface area (Å²) in [6.07, 6.45) is -1.63. The first kappa shape index (κ1) is 15.3. The number of aromatic nitrogens is 2. The van der Waals surface area contributed by atoms with E-state index in [0.29, 0.717) is 11.2 Å². The third kappa shape index (κ3) is 4.46. The van der Waals surface area contributed by atoms with Gasteiger partial charge in [0.15, 0.2) is 5.82 Å². The zero-order valence-corrected chi connectivity index (χ0v) is 10.9. The normalized spacial score (nSPS) is 11.6. The molecule has 0 atom stereocenters. The van der Waals surface area contributed by atoms with Crippen LogP contribution < -0.4 is 5.73 Å². The quantitative estimate of drug-likeness (QED) is 0.894. The van der Waals surface area contributed by atoms with E-state index in [1.807, 2.05) is 6.92 Å². The molecule has 108 valence electrons. The molecule has 1 amide bonds. The number of nitrogens with two attached hydrogens (primary N) is 1. The zero-order valence-electron chi connectivity index (χ0n) is 10.9. The van der Waals surface area contributed by atoms with E-state index < -0.39 is 18.6 Å². The minimum atomic E-state index is -4.40. The Kier molecular flexibility index (Phi) is 4.79. The van der Waals surface area contributed by atoms with Crippen LogP contribution >= 0.6 is 0 Å². The van der Waals surface area contributed by atoms with Crippen molar-refractivity contribution >= 4 is 11.7 Å². The predicted molar refractivity (Wildman–Crippen MR) is 64.6 cm³/mol. The summed E-state index contributed by atoms with van der Waals surface area (Å²) in [5.74, 6) is -0.600. The van der Waals surface area contributed by atoms with Crippen molar-refractivity contribution in [2.75, 3.05) is 19.3 Å². The number of rotatable bonds is 5. The van der Waals surface area contributed by atoms with E-state index in [0.717, 1.165) is 19.0 Å². The fourth-order valence-electron chi connectivity index (χ4n) is 1.57. The lowest BCUT2D eigenvalue weighted by Crippen LogP contribution is -2.28. The lowest BCUT2D eigenvalue weighted by atomic mass is 10.2. The Labute approximate surface area is 109 Å². The Bertz CT molecular complexity index is 442. The molecular formula is C11H17F3N4O. The topological polar surface area (TPSA) is 64.2 Å². The maximum atomic E-state index is 12.2. The van der Waals surface area contributed by atoms with Crippen molar-refractivity contribution < 1.29 is 18.0 Å². The van der Waals surface area contributed by atoms with Gasteiger partial charge in [-0.2, -0.15) is 18.3 Å². The summed E-state index contributed by atoms with van der Waals surface area (Å²) < 4.78 is 37.3. The number of carbonyl (C=O) groups is 1. The number of hydrogen-bond donors (Lipinski definition) is 1. The van der Waals surface area contributed by atoms with Crippen molar-refractivity contribution in [1.82, 2.24) is 14.7 Å². The van der Waals surface area contributed by atoms with E-state index in [-0.39, 0.29) is 11.4 Å².